The average Bonchev–Trinajstić information content (AvgIpc) is 2.58. The van der Waals surface area contributed by atoms with E-state index in [9.17, 15) is 18.0 Å². The first kappa shape index (κ1) is 17.0. The van der Waals surface area contributed by atoms with Crippen LogP contribution >= 0.6 is 0 Å². The van der Waals surface area contributed by atoms with Gasteiger partial charge in [0.05, 0.1) is 0 Å². The highest BCUT2D eigenvalue weighted by Crippen LogP contribution is 2.34. The van der Waals surface area contributed by atoms with E-state index in [1.54, 1.807) is 6.08 Å². The Kier molecular flexibility index (Phi) is 4.94. The van der Waals surface area contributed by atoms with Crippen molar-refractivity contribution in [1.82, 2.24) is 4.90 Å². The Morgan fingerprint density at radius 1 is 1.04 bits per heavy atom. The first-order valence-corrected chi connectivity index (χ1v) is 8.35. The molecule has 1 aliphatic carbocycles. The third-order valence-corrected chi connectivity index (χ3v) is 4.95. The van der Waals surface area contributed by atoms with Crippen molar-refractivity contribution in [3.05, 3.63) is 46.8 Å². The first-order chi connectivity index (χ1) is 11.5. The average molecular weight is 338 g/mol. The predicted molar refractivity (Wildman–Crippen MR) is 84.8 cm³/mol. The number of nitrogens with zero attached hydrogens (tertiary/aromatic N) is 1. The van der Waals surface area contributed by atoms with Gasteiger partial charge in [-0.3, -0.25) is 4.79 Å². The monoisotopic (exact) mass is 338 g/mol. The zero-order valence-corrected chi connectivity index (χ0v) is 13.4. The minimum absolute atomic E-state index is 0.00522. The van der Waals surface area contributed by atoms with E-state index in [0.29, 0.717) is 24.5 Å². The van der Waals surface area contributed by atoms with Crippen LogP contribution in [0.3, 0.4) is 0 Å². The van der Waals surface area contributed by atoms with E-state index in [1.165, 1.54) is 0 Å². The molecule has 1 aromatic carbocycles. The van der Waals surface area contributed by atoms with E-state index in [4.69, 9.17) is 5.73 Å². The molecule has 2 atom stereocenters. The van der Waals surface area contributed by atoms with Gasteiger partial charge in [-0.1, -0.05) is 6.08 Å². The van der Waals surface area contributed by atoms with Crippen LogP contribution in [0.2, 0.25) is 0 Å². The smallest absolute Gasteiger partial charge is 0.249 e. The second kappa shape index (κ2) is 6.97. The predicted octanol–water partition coefficient (Wildman–Crippen LogP) is 3.25. The molecule has 1 fully saturated rings. The van der Waals surface area contributed by atoms with Crippen molar-refractivity contribution in [1.29, 1.82) is 0 Å². The summed E-state index contributed by atoms with van der Waals surface area (Å²) in [6.07, 6.45) is 5.59. The maximum atomic E-state index is 14.0. The molecule has 1 aromatic rings. The van der Waals surface area contributed by atoms with Crippen LogP contribution in [0.15, 0.2) is 23.8 Å². The molecule has 3 rings (SSSR count). The second-order valence-electron chi connectivity index (χ2n) is 6.58. The van der Waals surface area contributed by atoms with Crippen molar-refractivity contribution in [3.63, 3.8) is 0 Å². The van der Waals surface area contributed by atoms with Crippen LogP contribution in [0.5, 0.6) is 0 Å². The van der Waals surface area contributed by atoms with Gasteiger partial charge in [0.15, 0.2) is 11.6 Å². The first-order valence-electron chi connectivity index (χ1n) is 8.35. The van der Waals surface area contributed by atoms with Crippen molar-refractivity contribution in [3.8, 4) is 0 Å². The molecule has 0 radical (unpaired) electrons. The zero-order valence-electron chi connectivity index (χ0n) is 13.4. The topological polar surface area (TPSA) is 46.3 Å². The van der Waals surface area contributed by atoms with Crippen LogP contribution in [0.25, 0.3) is 0 Å². The maximum absolute atomic E-state index is 14.0. The van der Waals surface area contributed by atoms with Crippen molar-refractivity contribution >= 4 is 5.91 Å². The molecular weight excluding hydrogens is 317 g/mol. The third kappa shape index (κ3) is 3.34. The molecule has 0 saturated carbocycles. The highest BCUT2D eigenvalue weighted by molar-refractivity contribution is 5.93. The lowest BCUT2D eigenvalue weighted by atomic mass is 9.80. The Labute approximate surface area is 139 Å². The normalized spacial score (nSPS) is 24.7. The van der Waals surface area contributed by atoms with E-state index in [1.807, 2.05) is 4.90 Å². The fourth-order valence-corrected chi connectivity index (χ4v) is 3.58. The van der Waals surface area contributed by atoms with Crippen molar-refractivity contribution < 1.29 is 18.0 Å². The summed E-state index contributed by atoms with van der Waals surface area (Å²) in [5.41, 5.74) is 6.84. The number of allylic oxidation sites excluding steroid dienone is 1. The molecule has 130 valence electrons. The molecule has 0 bridgehead atoms. The number of carbonyl (C=O) groups excluding carboxylic acids is 1. The lowest BCUT2D eigenvalue weighted by Gasteiger charge is -2.32. The van der Waals surface area contributed by atoms with Crippen molar-refractivity contribution in [2.24, 2.45) is 5.73 Å². The van der Waals surface area contributed by atoms with Crippen LogP contribution in [-0.2, 0) is 4.79 Å². The number of rotatable bonds is 2. The van der Waals surface area contributed by atoms with E-state index < -0.39 is 29.4 Å². The maximum Gasteiger partial charge on any atom is 0.249 e. The number of piperidine rings is 1. The number of amides is 1. The summed E-state index contributed by atoms with van der Waals surface area (Å²) < 4.78 is 40.5. The summed E-state index contributed by atoms with van der Waals surface area (Å²) in [6.45, 7) is 1.51. The fourth-order valence-electron chi connectivity index (χ4n) is 3.58. The minimum atomic E-state index is -1.21. The third-order valence-electron chi connectivity index (χ3n) is 4.95. The molecule has 1 amide bonds. The van der Waals surface area contributed by atoms with E-state index in [-0.39, 0.29) is 11.5 Å². The van der Waals surface area contributed by atoms with Gasteiger partial charge < -0.3 is 10.6 Å². The van der Waals surface area contributed by atoms with E-state index >= 15 is 0 Å². The van der Waals surface area contributed by atoms with Crippen molar-refractivity contribution in [2.45, 2.75) is 44.1 Å². The summed E-state index contributed by atoms with van der Waals surface area (Å²) in [5, 5.41) is 0. The van der Waals surface area contributed by atoms with Crippen LogP contribution in [0, 0.1) is 17.5 Å². The number of benzene rings is 1. The van der Waals surface area contributed by atoms with Gasteiger partial charge in [-0.2, -0.15) is 0 Å². The molecule has 0 aromatic heterocycles. The Hall–Kier alpha value is -1.82. The van der Waals surface area contributed by atoms with Crippen molar-refractivity contribution in [2.75, 3.05) is 13.1 Å². The number of halogens is 3. The lowest BCUT2D eigenvalue weighted by molar-refractivity contribution is -0.128. The van der Waals surface area contributed by atoms with Gasteiger partial charge in [-0.25, -0.2) is 13.2 Å². The molecule has 24 heavy (non-hydrogen) atoms. The summed E-state index contributed by atoms with van der Waals surface area (Å²) >= 11 is 0. The molecule has 2 aliphatic rings. The molecule has 0 spiro atoms. The minimum Gasteiger partial charge on any atom is -0.339 e. The standard InChI is InChI=1S/C18H21F3N2O/c19-14-10-16(21)15(20)9-13(14)12-5-4-11(8-17(12)22)18(24)23-6-2-1-3-7-23/h4,9-10,12,17H,1-3,5-8,22H2. The molecule has 1 heterocycles. The van der Waals surface area contributed by atoms with Gasteiger partial charge in [0.2, 0.25) is 5.91 Å². The number of nitrogens with two attached hydrogens (primary N) is 1. The van der Waals surface area contributed by atoms with E-state index in [0.717, 1.165) is 38.4 Å². The number of hydrogen-bond donors (Lipinski definition) is 1. The Bertz CT molecular complexity index is 668. The highest BCUT2D eigenvalue weighted by atomic mass is 19.2. The Morgan fingerprint density at radius 2 is 1.71 bits per heavy atom. The zero-order chi connectivity index (χ0) is 17.3. The van der Waals surface area contributed by atoms with Gasteiger partial charge in [0.1, 0.15) is 5.82 Å². The fraction of sp³-hybridized carbons (Fsp3) is 0.500. The van der Waals surface area contributed by atoms with Gasteiger partial charge >= 0.3 is 0 Å². The molecule has 3 nitrogen and oxygen atoms in total. The number of carbonyl (C=O) groups is 1. The van der Waals surface area contributed by atoms with Crippen LogP contribution in [0.4, 0.5) is 13.2 Å². The van der Waals surface area contributed by atoms with Crippen LogP contribution < -0.4 is 5.73 Å². The number of hydrogen-bond acceptors (Lipinski definition) is 2. The summed E-state index contributed by atoms with van der Waals surface area (Å²) in [5.74, 6) is -3.56. The molecule has 2 N–H and O–H groups in total. The quantitative estimate of drug-likeness (QED) is 0.842. The van der Waals surface area contributed by atoms with Crippen LogP contribution in [-0.4, -0.2) is 29.9 Å². The van der Waals surface area contributed by atoms with E-state index in [2.05, 4.69) is 0 Å². The van der Waals surface area contributed by atoms with Gasteiger partial charge in [0.25, 0.3) is 0 Å². The largest absolute Gasteiger partial charge is 0.339 e. The molecule has 1 aliphatic heterocycles. The lowest BCUT2D eigenvalue weighted by Crippen LogP contribution is -2.40. The van der Waals surface area contributed by atoms with Crippen LogP contribution in [0.1, 0.15) is 43.6 Å². The summed E-state index contributed by atoms with van der Waals surface area (Å²) in [4.78, 5) is 14.4. The molecule has 1 saturated heterocycles. The highest BCUT2D eigenvalue weighted by Gasteiger charge is 2.31. The summed E-state index contributed by atoms with van der Waals surface area (Å²) in [6, 6.07) is 0.925. The molecule has 6 heteroatoms. The second-order valence-corrected chi connectivity index (χ2v) is 6.58. The Morgan fingerprint density at radius 3 is 2.38 bits per heavy atom. The van der Waals surface area contributed by atoms with Gasteiger partial charge in [-0.15, -0.1) is 0 Å². The summed E-state index contributed by atoms with van der Waals surface area (Å²) in [7, 11) is 0. The number of likely N-dealkylation sites (tertiary alicyclic amines) is 1. The Balaban J connectivity index is 1.77. The SMILES string of the molecule is NC1CC(C(=O)N2CCCCC2)=CCC1c1cc(F)c(F)cc1F. The van der Waals surface area contributed by atoms with Gasteiger partial charge in [0, 0.05) is 36.7 Å². The molecule has 2 unspecified atom stereocenters. The van der Waals surface area contributed by atoms with Gasteiger partial charge in [-0.05, 0) is 43.7 Å². The molecular formula is C18H21F3N2O.